The van der Waals surface area contributed by atoms with Gasteiger partial charge in [0.25, 0.3) is 0 Å². The Morgan fingerprint density at radius 2 is 1.78 bits per heavy atom. The molecule has 4 atom stereocenters. The van der Waals surface area contributed by atoms with Crippen molar-refractivity contribution >= 4 is 11.8 Å². The van der Waals surface area contributed by atoms with Crippen LogP contribution in [0.1, 0.15) is 80.0 Å². The number of phenolic OH excluding ortho intramolecular Hbond substituents is 3. The van der Waals surface area contributed by atoms with E-state index >= 15 is 0 Å². The van der Waals surface area contributed by atoms with Crippen molar-refractivity contribution in [2.75, 3.05) is 20.2 Å². The number of hydrogen-bond acceptors (Lipinski definition) is 9. The lowest BCUT2D eigenvalue weighted by Crippen LogP contribution is -2.30. The van der Waals surface area contributed by atoms with Crippen LogP contribution in [0.5, 0.6) is 23.0 Å². The van der Waals surface area contributed by atoms with Gasteiger partial charge >= 0.3 is 5.97 Å². The Hall–Kier alpha value is -5.30. The number of Topliss-reactive ketones (excluding diaryl/α,β-unsaturated/α-hetero) is 1. The first-order valence-corrected chi connectivity index (χ1v) is 17.2. The second kappa shape index (κ2) is 16.9. The Kier molecular flexibility index (Phi) is 12.2. The fourth-order valence-electron chi connectivity index (χ4n) is 6.83. The van der Waals surface area contributed by atoms with E-state index in [1.165, 1.54) is 31.2 Å². The molecular formula is C40H47N3O7. The van der Waals surface area contributed by atoms with Gasteiger partial charge in [-0.15, -0.1) is 0 Å². The number of aromatic amines is 1. The van der Waals surface area contributed by atoms with Gasteiger partial charge in [0, 0.05) is 44.6 Å². The monoisotopic (exact) mass is 681 g/mol. The summed E-state index contributed by atoms with van der Waals surface area (Å²) in [7, 11) is 1.38. The highest BCUT2D eigenvalue weighted by atomic mass is 16.5. The number of fused-ring (bicyclic) bond motifs is 2. The van der Waals surface area contributed by atoms with Crippen LogP contribution in [0.2, 0.25) is 0 Å². The van der Waals surface area contributed by atoms with E-state index in [-0.39, 0.29) is 54.1 Å². The van der Waals surface area contributed by atoms with E-state index in [4.69, 9.17) is 9.47 Å². The van der Waals surface area contributed by atoms with Crippen molar-refractivity contribution in [2.45, 2.75) is 76.7 Å². The van der Waals surface area contributed by atoms with Crippen molar-refractivity contribution in [1.82, 2.24) is 15.6 Å². The average molecular weight is 682 g/mol. The van der Waals surface area contributed by atoms with Crippen molar-refractivity contribution in [2.24, 2.45) is 5.92 Å². The highest BCUT2D eigenvalue weighted by Gasteiger charge is 2.25. The lowest BCUT2D eigenvalue weighted by molar-refractivity contribution is -0.148. The Balaban J connectivity index is 1.51. The number of ketones is 1. The maximum absolute atomic E-state index is 13.6. The van der Waals surface area contributed by atoms with Gasteiger partial charge in [-0.3, -0.25) is 9.59 Å². The van der Waals surface area contributed by atoms with E-state index in [9.17, 15) is 24.9 Å². The average Bonchev–Trinajstić information content (AvgIpc) is 3.53. The third-order valence-corrected chi connectivity index (χ3v) is 9.51. The van der Waals surface area contributed by atoms with Gasteiger partial charge in [0.2, 0.25) is 5.75 Å². The SMILES string of the molecule is CCC1CCC(OC(C)=O)CC(=O)CC(c2cc(O)c(O)c(OC)c2)C#CCNC2=CC(=CCN2)C(c2cccc(O)c2)Cc2c[nH]cc2C1. The number of nitrogens with one attached hydrogen (secondary N) is 3. The van der Waals surface area contributed by atoms with Crippen LogP contribution >= 0.6 is 0 Å². The first-order chi connectivity index (χ1) is 24.1. The Bertz CT molecular complexity index is 1800. The zero-order valence-corrected chi connectivity index (χ0v) is 28.9. The van der Waals surface area contributed by atoms with E-state index < -0.39 is 18.0 Å². The summed E-state index contributed by atoms with van der Waals surface area (Å²) in [6.07, 6.45) is 11.6. The zero-order chi connectivity index (χ0) is 35.6. The minimum absolute atomic E-state index is 0.0154. The number of phenols is 3. The molecule has 4 unspecified atom stereocenters. The number of benzene rings is 2. The summed E-state index contributed by atoms with van der Waals surface area (Å²) >= 11 is 0. The standard InChI is InChI=1S/C40H47N3O7/c1-4-26-10-11-35(50-25(2)44)22-34(46)16-27(30-19-37(47)40(48)38(20-30)49-3)8-6-13-42-39-21-29(12-14-43-39)36(28-7-5-9-33(45)17-28)18-32-24-41-23-31(32)15-26/h5,7,9,12,17,19-21,23-24,26-27,35-36,41-43,45,47-48H,4,10-11,13-16,18,22H2,1-3H3. The van der Waals surface area contributed by atoms with Gasteiger partial charge in [-0.1, -0.05) is 43.4 Å². The molecular weight excluding hydrogens is 634 g/mol. The van der Waals surface area contributed by atoms with Gasteiger partial charge in [0.1, 0.15) is 17.6 Å². The maximum atomic E-state index is 13.6. The predicted octanol–water partition coefficient (Wildman–Crippen LogP) is 5.86. The number of dihydropyridines is 1. The quantitative estimate of drug-likeness (QED) is 0.111. The molecule has 3 heterocycles. The molecule has 0 radical (unpaired) electrons. The van der Waals surface area contributed by atoms with Gasteiger partial charge in [-0.25, -0.2) is 0 Å². The second-order valence-electron chi connectivity index (χ2n) is 13.1. The lowest BCUT2D eigenvalue weighted by atomic mass is 9.82. The number of hydrogen-bond donors (Lipinski definition) is 6. The molecule has 3 aromatic rings. The molecule has 0 saturated heterocycles. The molecule has 0 saturated carbocycles. The summed E-state index contributed by atoms with van der Waals surface area (Å²) in [4.78, 5) is 29.0. The van der Waals surface area contributed by atoms with Crippen molar-refractivity contribution in [3.8, 4) is 34.8 Å². The topological polar surface area (TPSA) is 153 Å². The van der Waals surface area contributed by atoms with Gasteiger partial charge in [-0.2, -0.15) is 0 Å². The van der Waals surface area contributed by atoms with Crippen LogP contribution in [0, 0.1) is 17.8 Å². The van der Waals surface area contributed by atoms with Crippen LogP contribution in [0.25, 0.3) is 0 Å². The molecule has 264 valence electrons. The molecule has 50 heavy (non-hydrogen) atoms. The molecule has 6 N–H and O–H groups in total. The van der Waals surface area contributed by atoms with Gasteiger partial charge < -0.3 is 40.4 Å². The molecule has 2 aliphatic rings. The lowest BCUT2D eigenvalue weighted by Gasteiger charge is -2.25. The molecule has 0 spiro atoms. The van der Waals surface area contributed by atoms with Crippen molar-refractivity contribution in [1.29, 1.82) is 0 Å². The summed E-state index contributed by atoms with van der Waals surface area (Å²) in [5.74, 6) is 5.76. The number of ether oxygens (including phenoxy) is 2. The molecule has 5 rings (SSSR count). The van der Waals surface area contributed by atoms with E-state index in [0.29, 0.717) is 24.4 Å². The number of carbonyl (C=O) groups excluding carboxylic acids is 2. The van der Waals surface area contributed by atoms with Gasteiger partial charge in [-0.05, 0) is 89.8 Å². The summed E-state index contributed by atoms with van der Waals surface area (Å²) in [5.41, 5.74) is 5.07. The van der Waals surface area contributed by atoms with Crippen LogP contribution in [0.3, 0.4) is 0 Å². The Morgan fingerprint density at radius 3 is 2.52 bits per heavy atom. The van der Waals surface area contributed by atoms with E-state index in [1.54, 1.807) is 12.1 Å². The van der Waals surface area contributed by atoms with Crippen molar-refractivity contribution in [3.05, 3.63) is 94.6 Å². The Morgan fingerprint density at radius 1 is 0.980 bits per heavy atom. The van der Waals surface area contributed by atoms with Crippen LogP contribution in [-0.2, 0) is 27.2 Å². The molecule has 10 heteroatoms. The summed E-state index contributed by atoms with van der Waals surface area (Å²) in [5, 5.41) is 37.8. The third-order valence-electron chi connectivity index (χ3n) is 9.51. The number of aromatic nitrogens is 1. The number of methoxy groups -OCH3 is 1. The minimum atomic E-state index is -0.623. The van der Waals surface area contributed by atoms with E-state index in [2.05, 4.69) is 58.9 Å². The third kappa shape index (κ3) is 9.44. The Labute approximate surface area is 293 Å². The minimum Gasteiger partial charge on any atom is -0.508 e. The van der Waals surface area contributed by atoms with Gasteiger partial charge in [0.15, 0.2) is 11.5 Å². The zero-order valence-electron chi connectivity index (χ0n) is 28.9. The number of esters is 1. The number of carbonyl (C=O) groups is 2. The number of rotatable bonds is 5. The van der Waals surface area contributed by atoms with E-state index in [0.717, 1.165) is 42.6 Å². The van der Waals surface area contributed by atoms with Crippen molar-refractivity contribution in [3.63, 3.8) is 0 Å². The molecule has 0 fully saturated rings. The van der Waals surface area contributed by atoms with Crippen LogP contribution < -0.4 is 15.4 Å². The van der Waals surface area contributed by atoms with Gasteiger partial charge in [0.05, 0.1) is 25.4 Å². The molecule has 0 amide bonds. The highest BCUT2D eigenvalue weighted by Crippen LogP contribution is 2.39. The first-order valence-electron chi connectivity index (χ1n) is 17.2. The van der Waals surface area contributed by atoms with Crippen LogP contribution in [0.4, 0.5) is 0 Å². The van der Waals surface area contributed by atoms with Crippen LogP contribution in [0.15, 0.2) is 72.3 Å². The molecule has 2 bridgehead atoms. The second-order valence-corrected chi connectivity index (χ2v) is 13.1. The number of aromatic hydroxyl groups is 3. The highest BCUT2D eigenvalue weighted by molar-refractivity contribution is 5.81. The van der Waals surface area contributed by atoms with Crippen LogP contribution in [-0.4, -0.2) is 58.4 Å². The maximum Gasteiger partial charge on any atom is 0.302 e. The summed E-state index contributed by atoms with van der Waals surface area (Å²) in [6.45, 7) is 4.39. The molecule has 2 aliphatic heterocycles. The largest absolute Gasteiger partial charge is 0.508 e. The number of H-pyrrole nitrogens is 1. The van der Waals surface area contributed by atoms with E-state index in [1.807, 2.05) is 18.2 Å². The molecule has 2 aromatic carbocycles. The summed E-state index contributed by atoms with van der Waals surface area (Å²) < 4.78 is 10.9. The first kappa shape index (κ1) is 36.0. The smallest absolute Gasteiger partial charge is 0.302 e. The molecule has 0 aliphatic carbocycles. The number of allylic oxidation sites excluding steroid dienone is 2. The molecule has 1 aromatic heterocycles. The molecule has 10 nitrogen and oxygen atoms in total. The summed E-state index contributed by atoms with van der Waals surface area (Å²) in [6, 6.07) is 10.4. The fraction of sp³-hybridized carbons (Fsp3) is 0.400. The predicted molar refractivity (Wildman–Crippen MR) is 191 cm³/mol. The normalized spacial score (nSPS) is 21.9. The fourth-order valence-corrected chi connectivity index (χ4v) is 6.83. The van der Waals surface area contributed by atoms with Crippen molar-refractivity contribution < 1.29 is 34.4 Å².